The number of carbonyl (C=O) groups is 1. The number of anilines is 1. The smallest absolute Gasteiger partial charge is 0.339 e. The van der Waals surface area contributed by atoms with Crippen molar-refractivity contribution in [2.45, 2.75) is 13.3 Å². The van der Waals surface area contributed by atoms with Gasteiger partial charge >= 0.3 is 5.97 Å². The molecule has 16 heavy (non-hydrogen) atoms. The van der Waals surface area contributed by atoms with Gasteiger partial charge in [-0.2, -0.15) is 5.10 Å². The van der Waals surface area contributed by atoms with Gasteiger partial charge in [-0.3, -0.25) is 0 Å². The number of aromatic nitrogens is 2. The SMILES string of the molecule is CCOCCCNc1nnccc1C(=O)O. The van der Waals surface area contributed by atoms with E-state index in [1.807, 2.05) is 6.92 Å². The molecule has 6 nitrogen and oxygen atoms in total. The number of rotatable bonds is 7. The second-order valence-electron chi connectivity index (χ2n) is 3.08. The van der Waals surface area contributed by atoms with Crippen molar-refractivity contribution in [1.82, 2.24) is 10.2 Å². The first kappa shape index (κ1) is 12.4. The number of hydrogen-bond donors (Lipinski definition) is 2. The van der Waals surface area contributed by atoms with Crippen LogP contribution in [0.25, 0.3) is 0 Å². The summed E-state index contributed by atoms with van der Waals surface area (Å²) in [6.45, 7) is 3.87. The van der Waals surface area contributed by atoms with Crippen molar-refractivity contribution in [3.63, 3.8) is 0 Å². The van der Waals surface area contributed by atoms with Gasteiger partial charge in [-0.05, 0) is 19.4 Å². The van der Waals surface area contributed by atoms with E-state index >= 15 is 0 Å². The highest BCUT2D eigenvalue weighted by Crippen LogP contribution is 2.09. The van der Waals surface area contributed by atoms with Crippen molar-refractivity contribution in [3.8, 4) is 0 Å². The van der Waals surface area contributed by atoms with Gasteiger partial charge in [0.2, 0.25) is 0 Å². The third kappa shape index (κ3) is 3.82. The maximum absolute atomic E-state index is 10.8. The highest BCUT2D eigenvalue weighted by Gasteiger charge is 2.10. The lowest BCUT2D eigenvalue weighted by atomic mass is 10.3. The van der Waals surface area contributed by atoms with Crippen LogP contribution in [0, 0.1) is 0 Å². The number of carboxylic acids is 1. The van der Waals surface area contributed by atoms with E-state index in [-0.39, 0.29) is 5.56 Å². The minimum atomic E-state index is -1.01. The molecular formula is C10H15N3O3. The number of ether oxygens (including phenoxy) is 1. The van der Waals surface area contributed by atoms with Gasteiger partial charge in [0.1, 0.15) is 5.56 Å². The van der Waals surface area contributed by atoms with Crippen LogP contribution >= 0.6 is 0 Å². The average Bonchev–Trinajstić information content (AvgIpc) is 2.29. The minimum Gasteiger partial charge on any atom is -0.478 e. The maximum Gasteiger partial charge on any atom is 0.339 e. The molecule has 0 radical (unpaired) electrons. The average molecular weight is 225 g/mol. The summed E-state index contributed by atoms with van der Waals surface area (Å²) in [7, 11) is 0. The molecule has 2 N–H and O–H groups in total. The standard InChI is InChI=1S/C10H15N3O3/c1-2-16-7-3-5-11-9-8(10(14)15)4-6-12-13-9/h4,6H,2-3,5,7H2,1H3,(H,11,13)(H,14,15). The van der Waals surface area contributed by atoms with Crippen molar-refractivity contribution in [2.24, 2.45) is 0 Å². The zero-order valence-corrected chi connectivity index (χ0v) is 9.14. The monoisotopic (exact) mass is 225 g/mol. The Balaban J connectivity index is 2.44. The molecule has 0 saturated carbocycles. The Bertz CT molecular complexity index is 344. The van der Waals surface area contributed by atoms with Crippen LogP contribution in [0.3, 0.4) is 0 Å². The summed E-state index contributed by atoms with van der Waals surface area (Å²) in [6, 6.07) is 1.42. The van der Waals surface area contributed by atoms with Crippen LogP contribution in [0.15, 0.2) is 12.3 Å². The van der Waals surface area contributed by atoms with Crippen molar-refractivity contribution in [3.05, 3.63) is 17.8 Å². The third-order valence-electron chi connectivity index (χ3n) is 1.91. The summed E-state index contributed by atoms with van der Waals surface area (Å²) < 4.78 is 5.16. The lowest BCUT2D eigenvalue weighted by molar-refractivity contribution is 0.0697. The van der Waals surface area contributed by atoms with Gasteiger partial charge in [-0.1, -0.05) is 0 Å². The molecule has 6 heteroatoms. The molecule has 0 aromatic carbocycles. The van der Waals surface area contributed by atoms with Gasteiger partial charge in [-0.15, -0.1) is 5.10 Å². The molecule has 1 rings (SSSR count). The molecule has 0 fully saturated rings. The van der Waals surface area contributed by atoms with Crippen LogP contribution in [-0.2, 0) is 4.74 Å². The Hall–Kier alpha value is -1.69. The Morgan fingerprint density at radius 2 is 2.44 bits per heavy atom. The highest BCUT2D eigenvalue weighted by atomic mass is 16.5. The molecule has 0 unspecified atom stereocenters. The lowest BCUT2D eigenvalue weighted by Crippen LogP contribution is -2.11. The molecule has 0 amide bonds. The molecular weight excluding hydrogens is 210 g/mol. The molecule has 1 aromatic heterocycles. The molecule has 0 aliphatic carbocycles. The van der Waals surface area contributed by atoms with Crippen molar-refractivity contribution < 1.29 is 14.6 Å². The Morgan fingerprint density at radius 3 is 3.12 bits per heavy atom. The number of nitrogens with one attached hydrogen (secondary N) is 1. The fraction of sp³-hybridized carbons (Fsp3) is 0.500. The molecule has 0 aliphatic rings. The minimum absolute atomic E-state index is 0.131. The van der Waals surface area contributed by atoms with E-state index in [0.29, 0.717) is 25.6 Å². The summed E-state index contributed by atoms with van der Waals surface area (Å²) >= 11 is 0. The molecule has 0 aliphatic heterocycles. The maximum atomic E-state index is 10.8. The van der Waals surface area contributed by atoms with Crippen molar-refractivity contribution in [1.29, 1.82) is 0 Å². The van der Waals surface area contributed by atoms with Gasteiger partial charge < -0.3 is 15.2 Å². The van der Waals surface area contributed by atoms with Gasteiger partial charge in [0.05, 0.1) is 6.20 Å². The van der Waals surface area contributed by atoms with E-state index in [0.717, 1.165) is 6.42 Å². The molecule has 1 heterocycles. The lowest BCUT2D eigenvalue weighted by Gasteiger charge is -2.06. The normalized spacial score (nSPS) is 10.1. The summed E-state index contributed by atoms with van der Waals surface area (Å²) in [5.41, 5.74) is 0.131. The zero-order chi connectivity index (χ0) is 11.8. The van der Waals surface area contributed by atoms with Gasteiger partial charge in [0.15, 0.2) is 5.82 Å². The van der Waals surface area contributed by atoms with Gasteiger partial charge in [0, 0.05) is 19.8 Å². The summed E-state index contributed by atoms with van der Waals surface area (Å²) in [4.78, 5) is 10.8. The molecule has 0 saturated heterocycles. The fourth-order valence-electron chi connectivity index (χ4n) is 1.16. The summed E-state index contributed by atoms with van der Waals surface area (Å²) in [6.07, 6.45) is 2.15. The van der Waals surface area contributed by atoms with Crippen LogP contribution in [0.2, 0.25) is 0 Å². The highest BCUT2D eigenvalue weighted by molar-refractivity contribution is 5.92. The Morgan fingerprint density at radius 1 is 1.62 bits per heavy atom. The first-order valence-electron chi connectivity index (χ1n) is 5.12. The molecule has 0 bridgehead atoms. The topological polar surface area (TPSA) is 84.3 Å². The first-order chi connectivity index (χ1) is 7.75. The van der Waals surface area contributed by atoms with Crippen molar-refractivity contribution in [2.75, 3.05) is 25.1 Å². The van der Waals surface area contributed by atoms with Crippen LogP contribution in [0.4, 0.5) is 5.82 Å². The second kappa shape index (κ2) is 6.73. The van der Waals surface area contributed by atoms with E-state index in [1.54, 1.807) is 0 Å². The Kier molecular flexibility index (Phi) is 5.21. The molecule has 1 aromatic rings. The summed E-state index contributed by atoms with van der Waals surface area (Å²) in [5.74, 6) is -0.714. The third-order valence-corrected chi connectivity index (χ3v) is 1.91. The first-order valence-corrected chi connectivity index (χ1v) is 5.12. The number of hydrogen-bond acceptors (Lipinski definition) is 5. The van der Waals surface area contributed by atoms with E-state index in [9.17, 15) is 4.79 Å². The van der Waals surface area contributed by atoms with E-state index in [2.05, 4.69) is 15.5 Å². The molecule has 0 spiro atoms. The largest absolute Gasteiger partial charge is 0.478 e. The van der Waals surface area contributed by atoms with E-state index < -0.39 is 5.97 Å². The second-order valence-corrected chi connectivity index (χ2v) is 3.08. The van der Waals surface area contributed by atoms with Gasteiger partial charge in [-0.25, -0.2) is 4.79 Å². The van der Waals surface area contributed by atoms with E-state index in [1.165, 1.54) is 12.3 Å². The predicted molar refractivity (Wildman–Crippen MR) is 58.6 cm³/mol. The van der Waals surface area contributed by atoms with Crippen LogP contribution in [-0.4, -0.2) is 41.0 Å². The van der Waals surface area contributed by atoms with E-state index in [4.69, 9.17) is 9.84 Å². The van der Waals surface area contributed by atoms with Crippen LogP contribution in [0.1, 0.15) is 23.7 Å². The molecule has 0 atom stereocenters. The van der Waals surface area contributed by atoms with Crippen LogP contribution < -0.4 is 5.32 Å². The number of aromatic carboxylic acids is 1. The molecule has 88 valence electrons. The quantitative estimate of drug-likeness (QED) is 0.674. The Labute approximate surface area is 93.6 Å². The summed E-state index contributed by atoms with van der Waals surface area (Å²) in [5, 5.41) is 19.2. The number of nitrogens with zero attached hydrogens (tertiary/aromatic N) is 2. The van der Waals surface area contributed by atoms with Gasteiger partial charge in [0.25, 0.3) is 0 Å². The fourth-order valence-corrected chi connectivity index (χ4v) is 1.16. The van der Waals surface area contributed by atoms with Crippen LogP contribution in [0.5, 0.6) is 0 Å². The zero-order valence-electron chi connectivity index (χ0n) is 9.14. The predicted octanol–water partition coefficient (Wildman–Crippen LogP) is 1.01. The number of carboxylic acid groups (broad SMARTS) is 1. The van der Waals surface area contributed by atoms with Crippen molar-refractivity contribution >= 4 is 11.8 Å².